The summed E-state index contributed by atoms with van der Waals surface area (Å²) in [6.07, 6.45) is 7.41. The van der Waals surface area contributed by atoms with Gasteiger partial charge in [-0.15, -0.1) is 0 Å². The molecule has 0 aromatic rings. The van der Waals surface area contributed by atoms with Gasteiger partial charge in [0, 0.05) is 11.6 Å². The summed E-state index contributed by atoms with van der Waals surface area (Å²) < 4.78 is 12.5. The zero-order valence-corrected chi connectivity index (χ0v) is 7.05. The van der Waals surface area contributed by atoms with Crippen molar-refractivity contribution in [2.75, 3.05) is 0 Å². The molecule has 0 fully saturated rings. The lowest BCUT2D eigenvalue weighted by Gasteiger charge is -2.16. The molecule has 1 atom stereocenters. The predicted octanol–water partition coefficient (Wildman–Crippen LogP) is 1.78. The molecule has 0 saturated heterocycles. The quantitative estimate of drug-likeness (QED) is 0.487. The van der Waals surface area contributed by atoms with Crippen LogP contribution in [0.4, 0.5) is 4.39 Å². The van der Waals surface area contributed by atoms with E-state index in [9.17, 15) is 4.39 Å². The Hall–Kier alpha value is -1.09. The molecule has 0 spiro atoms. The third-order valence-corrected chi connectivity index (χ3v) is 1.93. The summed E-state index contributed by atoms with van der Waals surface area (Å²) in [5.74, 6) is 5.31. The summed E-state index contributed by atoms with van der Waals surface area (Å²) in [4.78, 5) is 0. The van der Waals surface area contributed by atoms with Crippen molar-refractivity contribution < 1.29 is 4.39 Å². The molecule has 66 valence electrons. The third-order valence-electron chi connectivity index (χ3n) is 1.93. The SMILES string of the molecule is C/C=C(/NN)C1C=CC(F)=CC1. The van der Waals surface area contributed by atoms with Gasteiger partial charge in [0.15, 0.2) is 0 Å². The van der Waals surface area contributed by atoms with E-state index in [0.717, 1.165) is 5.70 Å². The molecule has 0 aromatic heterocycles. The van der Waals surface area contributed by atoms with Gasteiger partial charge in [0.05, 0.1) is 0 Å². The van der Waals surface area contributed by atoms with E-state index in [1.54, 1.807) is 6.08 Å². The summed E-state index contributed by atoms with van der Waals surface area (Å²) in [5, 5.41) is 0. The number of hydrazine groups is 1. The molecule has 1 rings (SSSR count). The number of nitrogens with one attached hydrogen (secondary N) is 1. The van der Waals surface area contributed by atoms with E-state index in [1.807, 2.05) is 19.1 Å². The van der Waals surface area contributed by atoms with E-state index in [4.69, 9.17) is 5.84 Å². The monoisotopic (exact) mass is 168 g/mol. The maximum Gasteiger partial charge on any atom is 0.118 e. The first-order valence-corrected chi connectivity index (χ1v) is 3.94. The standard InChI is InChI=1S/C9H13FN2/c1-2-9(12-11)7-3-5-8(10)6-4-7/h2-3,5-7,12H,4,11H2,1H3/b9-2+. The summed E-state index contributed by atoms with van der Waals surface area (Å²) >= 11 is 0. The van der Waals surface area contributed by atoms with Crippen molar-refractivity contribution in [2.24, 2.45) is 11.8 Å². The van der Waals surface area contributed by atoms with Crippen LogP contribution >= 0.6 is 0 Å². The van der Waals surface area contributed by atoms with Gasteiger partial charge in [-0.3, -0.25) is 5.84 Å². The van der Waals surface area contributed by atoms with Gasteiger partial charge < -0.3 is 5.43 Å². The fraction of sp³-hybridized carbons (Fsp3) is 0.333. The number of halogens is 1. The van der Waals surface area contributed by atoms with E-state index >= 15 is 0 Å². The van der Waals surface area contributed by atoms with Crippen LogP contribution in [-0.2, 0) is 0 Å². The normalized spacial score (nSPS) is 23.8. The Bertz CT molecular complexity index is 241. The second kappa shape index (κ2) is 4.07. The van der Waals surface area contributed by atoms with Crippen LogP contribution in [0, 0.1) is 5.92 Å². The molecule has 0 heterocycles. The molecule has 1 aliphatic carbocycles. The first kappa shape index (κ1) is 9.00. The minimum atomic E-state index is -0.168. The van der Waals surface area contributed by atoms with E-state index < -0.39 is 0 Å². The van der Waals surface area contributed by atoms with Gasteiger partial charge in [-0.2, -0.15) is 0 Å². The van der Waals surface area contributed by atoms with Crippen molar-refractivity contribution in [3.8, 4) is 0 Å². The van der Waals surface area contributed by atoms with Crippen molar-refractivity contribution in [3.63, 3.8) is 0 Å². The lowest BCUT2D eigenvalue weighted by molar-refractivity contribution is 0.613. The summed E-state index contributed by atoms with van der Waals surface area (Å²) in [6.45, 7) is 1.90. The van der Waals surface area contributed by atoms with Crippen molar-refractivity contribution in [2.45, 2.75) is 13.3 Å². The average molecular weight is 168 g/mol. The molecule has 2 nitrogen and oxygen atoms in total. The molecule has 12 heavy (non-hydrogen) atoms. The van der Waals surface area contributed by atoms with Crippen molar-refractivity contribution in [1.29, 1.82) is 0 Å². The Morgan fingerprint density at radius 1 is 1.83 bits per heavy atom. The minimum Gasteiger partial charge on any atom is -0.328 e. The first-order valence-electron chi connectivity index (χ1n) is 3.94. The molecule has 0 aliphatic heterocycles. The van der Waals surface area contributed by atoms with E-state index in [2.05, 4.69) is 5.43 Å². The highest BCUT2D eigenvalue weighted by atomic mass is 19.1. The van der Waals surface area contributed by atoms with Crippen molar-refractivity contribution >= 4 is 0 Å². The topological polar surface area (TPSA) is 38.0 Å². The zero-order valence-electron chi connectivity index (χ0n) is 7.05. The van der Waals surface area contributed by atoms with Crippen LogP contribution in [0.1, 0.15) is 13.3 Å². The van der Waals surface area contributed by atoms with Gasteiger partial charge in [-0.05, 0) is 25.5 Å². The Kier molecular flexibility index (Phi) is 3.05. The van der Waals surface area contributed by atoms with Gasteiger partial charge in [-0.25, -0.2) is 4.39 Å². The maximum atomic E-state index is 12.5. The predicted molar refractivity (Wildman–Crippen MR) is 47.5 cm³/mol. The molecular weight excluding hydrogens is 155 g/mol. The number of nitrogens with two attached hydrogens (primary N) is 1. The first-order chi connectivity index (χ1) is 5.77. The van der Waals surface area contributed by atoms with E-state index in [1.165, 1.54) is 6.08 Å². The van der Waals surface area contributed by atoms with Gasteiger partial charge >= 0.3 is 0 Å². The van der Waals surface area contributed by atoms with Gasteiger partial charge in [-0.1, -0.05) is 12.2 Å². The van der Waals surface area contributed by atoms with E-state index in [-0.39, 0.29) is 11.7 Å². The molecule has 3 heteroatoms. The smallest absolute Gasteiger partial charge is 0.118 e. The van der Waals surface area contributed by atoms with Crippen LogP contribution in [0.15, 0.2) is 35.8 Å². The van der Waals surface area contributed by atoms with Gasteiger partial charge in [0.25, 0.3) is 0 Å². The molecular formula is C9H13FN2. The molecule has 0 radical (unpaired) electrons. The molecule has 3 N–H and O–H groups in total. The van der Waals surface area contributed by atoms with Crippen LogP contribution in [0.25, 0.3) is 0 Å². The Morgan fingerprint density at radius 3 is 3.00 bits per heavy atom. The average Bonchev–Trinajstić information content (AvgIpc) is 2.10. The van der Waals surface area contributed by atoms with Crippen LogP contribution < -0.4 is 11.3 Å². The molecule has 1 unspecified atom stereocenters. The number of rotatable bonds is 2. The van der Waals surface area contributed by atoms with Gasteiger partial charge in [0.1, 0.15) is 5.83 Å². The fourth-order valence-electron chi connectivity index (χ4n) is 1.23. The second-order valence-corrected chi connectivity index (χ2v) is 2.68. The molecule has 0 amide bonds. The summed E-state index contributed by atoms with van der Waals surface area (Å²) in [5.41, 5.74) is 3.52. The Labute approximate surface area is 71.6 Å². The van der Waals surface area contributed by atoms with Crippen molar-refractivity contribution in [1.82, 2.24) is 5.43 Å². The Balaban J connectivity index is 2.64. The van der Waals surface area contributed by atoms with Crippen molar-refractivity contribution in [3.05, 3.63) is 35.8 Å². The zero-order chi connectivity index (χ0) is 8.97. The summed E-state index contributed by atoms with van der Waals surface area (Å²) in [7, 11) is 0. The molecule has 1 aliphatic rings. The highest BCUT2D eigenvalue weighted by molar-refractivity contribution is 5.23. The molecule has 0 saturated carbocycles. The lowest BCUT2D eigenvalue weighted by atomic mass is 9.97. The van der Waals surface area contributed by atoms with Crippen LogP contribution in [-0.4, -0.2) is 0 Å². The number of hydrogen-bond acceptors (Lipinski definition) is 2. The molecule has 0 aromatic carbocycles. The molecule has 0 bridgehead atoms. The largest absolute Gasteiger partial charge is 0.328 e. The van der Waals surface area contributed by atoms with Crippen LogP contribution in [0.3, 0.4) is 0 Å². The van der Waals surface area contributed by atoms with Crippen LogP contribution in [0.2, 0.25) is 0 Å². The second-order valence-electron chi connectivity index (χ2n) is 2.68. The van der Waals surface area contributed by atoms with E-state index in [0.29, 0.717) is 6.42 Å². The highest BCUT2D eigenvalue weighted by Crippen LogP contribution is 2.21. The highest BCUT2D eigenvalue weighted by Gasteiger charge is 2.11. The fourth-order valence-corrected chi connectivity index (χ4v) is 1.23. The minimum absolute atomic E-state index is 0.168. The third kappa shape index (κ3) is 1.95. The number of allylic oxidation sites excluding steroid dienone is 5. The number of hydrogen-bond donors (Lipinski definition) is 2. The van der Waals surface area contributed by atoms with Crippen LogP contribution in [0.5, 0.6) is 0 Å². The summed E-state index contributed by atoms with van der Waals surface area (Å²) in [6, 6.07) is 0. The maximum absolute atomic E-state index is 12.5. The Morgan fingerprint density at radius 2 is 2.58 bits per heavy atom. The lowest BCUT2D eigenvalue weighted by Crippen LogP contribution is -2.26. The van der Waals surface area contributed by atoms with Gasteiger partial charge in [0.2, 0.25) is 0 Å².